The van der Waals surface area contributed by atoms with Crippen LogP contribution in [0.15, 0.2) is 22.1 Å². The van der Waals surface area contributed by atoms with Crippen molar-refractivity contribution in [2.45, 2.75) is 42.5 Å². The van der Waals surface area contributed by atoms with E-state index >= 15 is 0 Å². The first-order valence-corrected chi connectivity index (χ1v) is 7.61. The first-order valence-electron chi connectivity index (χ1n) is 6.63. The van der Waals surface area contributed by atoms with Crippen molar-refractivity contribution in [2.24, 2.45) is 5.92 Å². The van der Waals surface area contributed by atoms with E-state index in [1.165, 1.54) is 18.9 Å². The Morgan fingerprint density at radius 1 is 1.58 bits per heavy atom. The molecule has 0 aliphatic heterocycles. The fourth-order valence-corrected chi connectivity index (χ4v) is 3.42. The standard InChI is InChI=1S/C13H18N2O3S/c1-17-11(16)13(9-2-3-9,15-10-4-5-10)8-19-12-14-6-7-18-12/h6-7,9-10,15H,2-5,8H2,1H3. The predicted octanol–water partition coefficient (Wildman–Crippen LogP) is 1.84. The normalized spacial score (nSPS) is 21.9. The maximum absolute atomic E-state index is 12.3. The molecule has 1 atom stereocenters. The molecule has 1 aromatic heterocycles. The van der Waals surface area contributed by atoms with E-state index in [-0.39, 0.29) is 5.97 Å². The number of hydrogen-bond donors (Lipinski definition) is 1. The Bertz CT molecular complexity index is 443. The van der Waals surface area contributed by atoms with Crippen LogP contribution in [-0.4, -0.2) is 35.4 Å². The summed E-state index contributed by atoms with van der Waals surface area (Å²) in [6.07, 6.45) is 7.63. The molecule has 1 N–H and O–H groups in total. The minimum atomic E-state index is -0.574. The third-order valence-corrected chi connectivity index (χ3v) is 4.74. The van der Waals surface area contributed by atoms with Crippen LogP contribution in [0, 0.1) is 5.92 Å². The van der Waals surface area contributed by atoms with E-state index in [1.54, 1.807) is 12.5 Å². The highest BCUT2D eigenvalue weighted by atomic mass is 32.2. The number of rotatable bonds is 7. The van der Waals surface area contributed by atoms with Crippen molar-refractivity contribution in [2.75, 3.05) is 12.9 Å². The van der Waals surface area contributed by atoms with Gasteiger partial charge in [-0.2, -0.15) is 0 Å². The van der Waals surface area contributed by atoms with Crippen LogP contribution in [0.5, 0.6) is 0 Å². The molecule has 104 valence electrons. The third kappa shape index (κ3) is 2.79. The average Bonchev–Trinajstić information content (AvgIpc) is 3.34. The lowest BCUT2D eigenvalue weighted by atomic mass is 9.95. The van der Waals surface area contributed by atoms with Gasteiger partial charge in [0, 0.05) is 11.8 Å². The molecular formula is C13H18N2O3S. The van der Waals surface area contributed by atoms with Crippen molar-refractivity contribution in [1.82, 2.24) is 10.3 Å². The summed E-state index contributed by atoms with van der Waals surface area (Å²) in [5.74, 6) is 0.838. The summed E-state index contributed by atoms with van der Waals surface area (Å²) < 4.78 is 10.3. The summed E-state index contributed by atoms with van der Waals surface area (Å²) in [6, 6.07) is 0.463. The van der Waals surface area contributed by atoms with Gasteiger partial charge in [-0.05, 0) is 31.6 Å². The van der Waals surface area contributed by atoms with E-state index in [4.69, 9.17) is 9.15 Å². The zero-order chi connectivity index (χ0) is 13.3. The molecule has 0 bridgehead atoms. The van der Waals surface area contributed by atoms with Crippen LogP contribution >= 0.6 is 11.8 Å². The van der Waals surface area contributed by atoms with Gasteiger partial charge in [0.1, 0.15) is 11.8 Å². The molecule has 0 amide bonds. The molecule has 6 heteroatoms. The van der Waals surface area contributed by atoms with Crippen LogP contribution in [0.1, 0.15) is 25.7 Å². The van der Waals surface area contributed by atoms with Gasteiger partial charge in [-0.3, -0.25) is 10.1 Å². The fourth-order valence-electron chi connectivity index (χ4n) is 2.37. The number of hydrogen-bond acceptors (Lipinski definition) is 6. The molecule has 1 heterocycles. The zero-order valence-electron chi connectivity index (χ0n) is 10.9. The summed E-state index contributed by atoms with van der Waals surface area (Å²) in [6.45, 7) is 0. The third-order valence-electron chi connectivity index (χ3n) is 3.70. The van der Waals surface area contributed by atoms with Crippen molar-refractivity contribution in [3.8, 4) is 0 Å². The van der Waals surface area contributed by atoms with Gasteiger partial charge >= 0.3 is 5.97 Å². The Morgan fingerprint density at radius 3 is 2.89 bits per heavy atom. The summed E-state index contributed by atoms with van der Waals surface area (Å²) >= 11 is 1.47. The molecule has 2 aliphatic rings. The maximum atomic E-state index is 12.3. The molecule has 1 unspecified atom stereocenters. The minimum absolute atomic E-state index is 0.152. The monoisotopic (exact) mass is 282 g/mol. The van der Waals surface area contributed by atoms with Crippen LogP contribution in [-0.2, 0) is 9.53 Å². The van der Waals surface area contributed by atoms with Crippen molar-refractivity contribution in [3.05, 3.63) is 12.5 Å². The maximum Gasteiger partial charge on any atom is 0.327 e. The van der Waals surface area contributed by atoms with Crippen molar-refractivity contribution in [1.29, 1.82) is 0 Å². The molecule has 2 aliphatic carbocycles. The minimum Gasteiger partial charge on any atom is -0.468 e. The zero-order valence-corrected chi connectivity index (χ0v) is 11.7. The van der Waals surface area contributed by atoms with Crippen LogP contribution in [0.2, 0.25) is 0 Å². The molecule has 3 rings (SSSR count). The summed E-state index contributed by atoms with van der Waals surface area (Å²) in [5, 5.41) is 4.12. The number of carbonyl (C=O) groups is 1. The lowest BCUT2D eigenvalue weighted by molar-refractivity contribution is -0.148. The van der Waals surface area contributed by atoms with Crippen LogP contribution < -0.4 is 5.32 Å². The molecule has 0 radical (unpaired) electrons. The quantitative estimate of drug-likeness (QED) is 0.608. The van der Waals surface area contributed by atoms with E-state index in [0.717, 1.165) is 25.7 Å². The molecule has 5 nitrogen and oxygen atoms in total. The average molecular weight is 282 g/mol. The van der Waals surface area contributed by atoms with Crippen molar-refractivity contribution >= 4 is 17.7 Å². The Kier molecular flexibility index (Phi) is 3.54. The molecule has 2 saturated carbocycles. The summed E-state index contributed by atoms with van der Waals surface area (Å²) in [4.78, 5) is 16.4. The first kappa shape index (κ1) is 13.0. The smallest absolute Gasteiger partial charge is 0.327 e. The van der Waals surface area contributed by atoms with Gasteiger partial charge in [0.25, 0.3) is 5.22 Å². The fraction of sp³-hybridized carbons (Fsp3) is 0.692. The SMILES string of the molecule is COC(=O)C(CSc1ncco1)(NC1CC1)C1CC1. The Labute approximate surface area is 116 Å². The Morgan fingerprint density at radius 2 is 2.37 bits per heavy atom. The van der Waals surface area contributed by atoms with Crippen LogP contribution in [0.4, 0.5) is 0 Å². The highest BCUT2D eigenvalue weighted by Gasteiger charge is 2.53. The topological polar surface area (TPSA) is 64.4 Å². The lowest BCUT2D eigenvalue weighted by Gasteiger charge is -2.31. The first-order chi connectivity index (χ1) is 9.24. The Hall–Kier alpha value is -1.01. The van der Waals surface area contributed by atoms with E-state index in [0.29, 0.717) is 22.9 Å². The van der Waals surface area contributed by atoms with E-state index in [2.05, 4.69) is 10.3 Å². The number of oxazole rings is 1. The molecule has 0 aromatic carbocycles. The molecule has 0 spiro atoms. The van der Waals surface area contributed by atoms with Crippen molar-refractivity contribution < 1.29 is 13.9 Å². The molecule has 19 heavy (non-hydrogen) atoms. The number of carbonyl (C=O) groups excluding carboxylic acids is 1. The van der Waals surface area contributed by atoms with Gasteiger partial charge < -0.3 is 9.15 Å². The highest BCUT2D eigenvalue weighted by Crippen LogP contribution is 2.44. The molecule has 0 saturated heterocycles. The van der Waals surface area contributed by atoms with Gasteiger partial charge in [0.2, 0.25) is 0 Å². The second-order valence-corrected chi connectivity index (χ2v) is 6.17. The molecule has 2 fully saturated rings. The number of thioether (sulfide) groups is 1. The van der Waals surface area contributed by atoms with Crippen LogP contribution in [0.3, 0.4) is 0 Å². The van der Waals surface area contributed by atoms with Gasteiger partial charge in [-0.1, -0.05) is 11.8 Å². The second kappa shape index (κ2) is 5.17. The largest absolute Gasteiger partial charge is 0.468 e. The summed E-state index contributed by atoms with van der Waals surface area (Å²) in [5.41, 5.74) is -0.574. The number of methoxy groups -OCH3 is 1. The van der Waals surface area contributed by atoms with E-state index < -0.39 is 5.54 Å². The van der Waals surface area contributed by atoms with Gasteiger partial charge in [-0.25, -0.2) is 4.98 Å². The predicted molar refractivity (Wildman–Crippen MR) is 70.9 cm³/mol. The van der Waals surface area contributed by atoms with Crippen molar-refractivity contribution in [3.63, 3.8) is 0 Å². The van der Waals surface area contributed by atoms with Crippen LogP contribution in [0.25, 0.3) is 0 Å². The van der Waals surface area contributed by atoms with E-state index in [1.807, 2.05) is 0 Å². The van der Waals surface area contributed by atoms with Gasteiger partial charge in [0.15, 0.2) is 0 Å². The highest BCUT2D eigenvalue weighted by molar-refractivity contribution is 7.99. The Balaban J connectivity index is 1.74. The molecular weight excluding hydrogens is 264 g/mol. The van der Waals surface area contributed by atoms with E-state index in [9.17, 15) is 4.79 Å². The summed E-state index contributed by atoms with van der Waals surface area (Å²) in [7, 11) is 1.46. The lowest BCUT2D eigenvalue weighted by Crippen LogP contribution is -2.57. The van der Waals surface area contributed by atoms with Gasteiger partial charge in [0.05, 0.1) is 13.3 Å². The number of aromatic nitrogens is 1. The van der Waals surface area contributed by atoms with Gasteiger partial charge in [-0.15, -0.1) is 0 Å². The number of ether oxygens (including phenoxy) is 1. The number of esters is 1. The number of nitrogens with zero attached hydrogens (tertiary/aromatic N) is 1. The number of nitrogens with one attached hydrogen (secondary N) is 1. The molecule has 1 aromatic rings. The second-order valence-electron chi connectivity index (χ2n) is 5.24.